The van der Waals surface area contributed by atoms with Gasteiger partial charge in [0.25, 0.3) is 0 Å². The summed E-state index contributed by atoms with van der Waals surface area (Å²) >= 11 is 5.78. The molecule has 3 nitrogen and oxygen atoms in total. The van der Waals surface area contributed by atoms with Gasteiger partial charge in [0, 0.05) is 43.7 Å². The molecule has 1 aromatic carbocycles. The number of thiocarbonyl (C=S) groups is 1. The molecule has 0 saturated carbocycles. The lowest BCUT2D eigenvalue weighted by Gasteiger charge is -2.32. The highest BCUT2D eigenvalue weighted by atomic mass is 32.1. The summed E-state index contributed by atoms with van der Waals surface area (Å²) in [6, 6.07) is 15.3. The number of piperidine rings is 1. The molecule has 1 saturated heterocycles. The van der Waals surface area contributed by atoms with E-state index >= 15 is 0 Å². The van der Waals surface area contributed by atoms with Gasteiger partial charge in [0.1, 0.15) is 0 Å². The maximum absolute atomic E-state index is 5.78. The zero-order valence-electron chi connectivity index (χ0n) is 18.0. The predicted molar refractivity (Wildman–Crippen MR) is 130 cm³/mol. The van der Waals surface area contributed by atoms with Gasteiger partial charge in [0.15, 0.2) is 0 Å². The van der Waals surface area contributed by atoms with Crippen LogP contribution in [0.3, 0.4) is 0 Å². The quantitative estimate of drug-likeness (QED) is 0.518. The van der Waals surface area contributed by atoms with Crippen LogP contribution in [0.5, 0.6) is 0 Å². The maximum Gasteiger partial charge on any atom is 0.0824 e. The monoisotopic (exact) mass is 425 g/mol. The Bertz CT molecular complexity index is 1140. The van der Waals surface area contributed by atoms with E-state index in [1.807, 2.05) is 24.7 Å². The zero-order valence-corrected chi connectivity index (χ0v) is 18.8. The van der Waals surface area contributed by atoms with E-state index in [2.05, 4.69) is 53.2 Å². The highest BCUT2D eigenvalue weighted by molar-refractivity contribution is 7.80. The molecular weight excluding hydrogens is 398 g/mol. The number of pyridine rings is 2. The topological polar surface area (TPSA) is 29.0 Å². The van der Waals surface area contributed by atoms with Gasteiger partial charge in [-0.05, 0) is 67.0 Å². The van der Waals surface area contributed by atoms with Crippen molar-refractivity contribution in [3.05, 3.63) is 100 Å². The average Bonchev–Trinajstić information content (AvgIpc) is 2.96. The smallest absolute Gasteiger partial charge is 0.0824 e. The van der Waals surface area contributed by atoms with Crippen LogP contribution in [0.1, 0.15) is 46.4 Å². The molecule has 0 radical (unpaired) electrons. The second-order valence-corrected chi connectivity index (χ2v) is 9.04. The van der Waals surface area contributed by atoms with Crippen molar-refractivity contribution in [2.24, 2.45) is 0 Å². The van der Waals surface area contributed by atoms with Crippen molar-refractivity contribution in [3.63, 3.8) is 0 Å². The maximum atomic E-state index is 5.78. The highest BCUT2D eigenvalue weighted by Gasteiger charge is 2.25. The van der Waals surface area contributed by atoms with Gasteiger partial charge in [-0.3, -0.25) is 9.97 Å². The Morgan fingerprint density at radius 3 is 2.58 bits per heavy atom. The number of rotatable bonds is 2. The molecule has 0 atom stereocenters. The lowest BCUT2D eigenvalue weighted by atomic mass is 9.88. The van der Waals surface area contributed by atoms with E-state index in [0.717, 1.165) is 50.2 Å². The first kappa shape index (κ1) is 20.1. The number of aromatic nitrogens is 2. The molecule has 4 heteroatoms. The third-order valence-corrected chi connectivity index (χ3v) is 6.88. The van der Waals surface area contributed by atoms with Gasteiger partial charge in [-0.2, -0.15) is 0 Å². The fourth-order valence-electron chi connectivity index (χ4n) is 4.86. The third-order valence-electron chi connectivity index (χ3n) is 6.47. The molecule has 3 aromatic rings. The standard InChI is InChI=1S/C27H27N3S/c1-19-6-9-24-23(16-19)8-7-22-5-3-13-29-27(22)26(24)21-10-14-30(15-11-21)25(31)17-20-4-2-12-28-18-20/h2-6,9,12-13,16,18H,7-8,10-11,14-15,17H2,1H3. The second kappa shape index (κ2) is 8.72. The van der Waals surface area contributed by atoms with E-state index in [4.69, 9.17) is 17.2 Å². The molecule has 2 aromatic heterocycles. The van der Waals surface area contributed by atoms with E-state index in [9.17, 15) is 0 Å². The number of hydrogen-bond acceptors (Lipinski definition) is 3. The van der Waals surface area contributed by atoms with Gasteiger partial charge in [0.05, 0.1) is 10.7 Å². The van der Waals surface area contributed by atoms with Crippen LogP contribution in [0.2, 0.25) is 0 Å². The van der Waals surface area contributed by atoms with Crippen molar-refractivity contribution in [3.8, 4) is 0 Å². The van der Waals surface area contributed by atoms with E-state index < -0.39 is 0 Å². The van der Waals surface area contributed by atoms with E-state index in [1.54, 1.807) is 0 Å². The minimum atomic E-state index is 0.793. The van der Waals surface area contributed by atoms with Gasteiger partial charge in [0.2, 0.25) is 0 Å². The van der Waals surface area contributed by atoms with Crippen molar-refractivity contribution in [2.75, 3.05) is 13.1 Å². The lowest BCUT2D eigenvalue weighted by Crippen LogP contribution is -2.36. The fourth-order valence-corrected chi connectivity index (χ4v) is 5.21. The Hall–Kier alpha value is -2.85. The minimum absolute atomic E-state index is 0.793. The number of nitrogens with zero attached hydrogens (tertiary/aromatic N) is 3. The van der Waals surface area contributed by atoms with Gasteiger partial charge in [-0.1, -0.05) is 53.7 Å². The van der Waals surface area contributed by atoms with Gasteiger partial charge >= 0.3 is 0 Å². The highest BCUT2D eigenvalue weighted by Crippen LogP contribution is 2.38. The van der Waals surface area contributed by atoms with Crippen LogP contribution in [0.4, 0.5) is 0 Å². The summed E-state index contributed by atoms with van der Waals surface area (Å²) in [6.45, 7) is 4.13. The molecule has 1 aliphatic heterocycles. The van der Waals surface area contributed by atoms with Gasteiger partial charge < -0.3 is 4.90 Å². The van der Waals surface area contributed by atoms with Crippen LogP contribution in [-0.2, 0) is 19.3 Å². The molecule has 0 bridgehead atoms. The van der Waals surface area contributed by atoms with Crippen molar-refractivity contribution >= 4 is 22.8 Å². The summed E-state index contributed by atoms with van der Waals surface area (Å²) in [5.41, 5.74) is 10.8. The minimum Gasteiger partial charge on any atom is -0.365 e. The molecule has 1 aliphatic carbocycles. The Labute approximate surface area is 189 Å². The molecule has 3 heterocycles. The molecule has 0 unspecified atom stereocenters. The number of fused-ring (bicyclic) bond motifs is 2. The van der Waals surface area contributed by atoms with E-state index in [0.29, 0.717) is 0 Å². The lowest BCUT2D eigenvalue weighted by molar-refractivity contribution is 0.390. The largest absolute Gasteiger partial charge is 0.365 e. The Balaban J connectivity index is 1.45. The number of benzene rings is 1. The Kier molecular flexibility index (Phi) is 5.65. The molecule has 0 spiro atoms. The molecule has 0 amide bonds. The summed E-state index contributed by atoms with van der Waals surface area (Å²) in [4.78, 5) is 12.5. The van der Waals surface area contributed by atoms with E-state index in [-0.39, 0.29) is 0 Å². The molecular formula is C27H27N3S. The number of likely N-dealkylation sites (tertiary alicyclic amines) is 1. The van der Waals surface area contributed by atoms with Crippen LogP contribution < -0.4 is 0 Å². The van der Waals surface area contributed by atoms with Crippen LogP contribution in [0.15, 0.2) is 66.6 Å². The fraction of sp³-hybridized carbons (Fsp3) is 0.296. The number of aryl methyl sites for hydroxylation is 3. The van der Waals surface area contributed by atoms with Crippen molar-refractivity contribution in [1.82, 2.24) is 14.9 Å². The normalized spacial score (nSPS) is 15.8. The Morgan fingerprint density at radius 1 is 0.968 bits per heavy atom. The Morgan fingerprint density at radius 2 is 1.77 bits per heavy atom. The van der Waals surface area contributed by atoms with Crippen molar-refractivity contribution < 1.29 is 0 Å². The van der Waals surface area contributed by atoms with E-state index in [1.165, 1.54) is 44.7 Å². The molecule has 2 aliphatic rings. The molecule has 0 N–H and O–H groups in total. The molecule has 31 heavy (non-hydrogen) atoms. The van der Waals surface area contributed by atoms with Crippen LogP contribution in [0, 0.1) is 6.92 Å². The first-order valence-corrected chi connectivity index (χ1v) is 11.5. The van der Waals surface area contributed by atoms with Crippen molar-refractivity contribution in [2.45, 2.75) is 39.0 Å². The zero-order chi connectivity index (χ0) is 21.2. The summed E-state index contributed by atoms with van der Waals surface area (Å²) < 4.78 is 0. The van der Waals surface area contributed by atoms with Crippen LogP contribution in [-0.4, -0.2) is 32.9 Å². The molecule has 156 valence electrons. The van der Waals surface area contributed by atoms with Crippen LogP contribution >= 0.6 is 12.2 Å². The van der Waals surface area contributed by atoms with Crippen molar-refractivity contribution in [1.29, 1.82) is 0 Å². The van der Waals surface area contributed by atoms with Gasteiger partial charge in [-0.25, -0.2) is 0 Å². The third kappa shape index (κ3) is 4.17. The average molecular weight is 426 g/mol. The SMILES string of the molecule is Cc1ccc2c(c1)CCc1cccnc1C2=C1CCN(C(=S)Cc2cccnc2)CC1. The summed E-state index contributed by atoms with van der Waals surface area (Å²) in [5, 5.41) is 0. The van der Waals surface area contributed by atoms with Crippen LogP contribution in [0.25, 0.3) is 5.57 Å². The van der Waals surface area contributed by atoms with Gasteiger partial charge in [-0.15, -0.1) is 0 Å². The first-order chi connectivity index (χ1) is 15.2. The number of hydrogen-bond donors (Lipinski definition) is 0. The summed E-state index contributed by atoms with van der Waals surface area (Å²) in [6.07, 6.45) is 10.7. The summed E-state index contributed by atoms with van der Waals surface area (Å²) in [5.74, 6) is 0. The molecule has 5 rings (SSSR count). The summed E-state index contributed by atoms with van der Waals surface area (Å²) in [7, 11) is 0. The molecule has 1 fully saturated rings. The first-order valence-electron chi connectivity index (χ1n) is 11.1. The predicted octanol–water partition coefficient (Wildman–Crippen LogP) is 5.35. The second-order valence-electron chi connectivity index (χ2n) is 8.57.